The molecular weight excluding hydrogens is 406 g/mol. The van der Waals surface area contributed by atoms with Crippen molar-refractivity contribution in [1.29, 1.82) is 0 Å². The fourth-order valence-electron chi connectivity index (χ4n) is 3.84. The smallest absolute Gasteiger partial charge is 0.151 e. The first-order chi connectivity index (χ1) is 15.1. The second-order valence-corrected chi connectivity index (χ2v) is 9.05. The van der Waals surface area contributed by atoms with E-state index in [0.717, 1.165) is 54.4 Å². The second kappa shape index (κ2) is 8.63. The van der Waals surface area contributed by atoms with Gasteiger partial charge >= 0.3 is 0 Å². The number of thiophene rings is 1. The maximum absolute atomic E-state index is 9.72. The molecule has 31 heavy (non-hydrogen) atoms. The third-order valence-corrected chi connectivity index (χ3v) is 6.84. The molecule has 0 spiro atoms. The van der Waals surface area contributed by atoms with Crippen LogP contribution in [0.4, 0.5) is 11.5 Å². The van der Waals surface area contributed by atoms with Gasteiger partial charge in [-0.2, -0.15) is 0 Å². The number of hydrogen-bond acceptors (Lipinski definition) is 7. The third kappa shape index (κ3) is 4.54. The lowest BCUT2D eigenvalue weighted by Gasteiger charge is -2.32. The van der Waals surface area contributed by atoms with E-state index in [1.54, 1.807) is 35.9 Å². The number of nitrogens with one attached hydrogen (secondary N) is 1. The summed E-state index contributed by atoms with van der Waals surface area (Å²) in [6, 6.07) is 18.0. The number of aromatic hydroxyl groups is 1. The van der Waals surface area contributed by atoms with Crippen LogP contribution in [0.3, 0.4) is 0 Å². The monoisotopic (exact) mass is 431 g/mol. The topological polar surface area (TPSA) is 64.5 Å². The minimum Gasteiger partial charge on any atom is -0.508 e. The zero-order valence-corrected chi connectivity index (χ0v) is 18.3. The van der Waals surface area contributed by atoms with E-state index in [9.17, 15) is 5.11 Å². The molecule has 6 nitrogen and oxygen atoms in total. The molecule has 2 aromatic carbocycles. The molecule has 0 bridgehead atoms. The molecule has 4 aromatic rings. The highest BCUT2D eigenvalue weighted by atomic mass is 32.1. The second-order valence-electron chi connectivity index (χ2n) is 8.00. The first-order valence-corrected chi connectivity index (χ1v) is 11.3. The van der Waals surface area contributed by atoms with Gasteiger partial charge < -0.3 is 15.3 Å². The van der Waals surface area contributed by atoms with Crippen molar-refractivity contribution in [2.45, 2.75) is 6.54 Å². The van der Waals surface area contributed by atoms with Crippen molar-refractivity contribution in [2.24, 2.45) is 0 Å². The fourth-order valence-corrected chi connectivity index (χ4v) is 4.91. The standard InChI is InChI=1S/C24H25N5OS/c1-28-9-11-29(12-10-28)15-17-5-7-18(8-6-17)22-14-21-23(31-22)24(26-16-25-21)27-19-3-2-4-20(30)13-19/h2-8,13-14,16,30H,9-12,15H2,1H3,(H,25,26,27). The number of rotatable bonds is 5. The largest absolute Gasteiger partial charge is 0.508 e. The van der Waals surface area contributed by atoms with Crippen LogP contribution in [0.5, 0.6) is 5.75 Å². The van der Waals surface area contributed by atoms with Crippen LogP contribution in [0.25, 0.3) is 20.7 Å². The summed E-state index contributed by atoms with van der Waals surface area (Å²) in [7, 11) is 2.19. The summed E-state index contributed by atoms with van der Waals surface area (Å²) in [6.07, 6.45) is 1.57. The van der Waals surface area contributed by atoms with Crippen LogP contribution in [0, 0.1) is 0 Å². The molecule has 0 atom stereocenters. The normalized spacial score (nSPS) is 15.4. The SMILES string of the molecule is CN1CCN(Cc2ccc(-c3cc4ncnc(Nc5cccc(O)c5)c4s3)cc2)CC1. The zero-order chi connectivity index (χ0) is 21.2. The molecule has 0 aliphatic carbocycles. The van der Waals surface area contributed by atoms with Gasteiger partial charge in [0.05, 0.1) is 10.2 Å². The van der Waals surface area contributed by atoms with Gasteiger partial charge in [-0.25, -0.2) is 9.97 Å². The number of likely N-dealkylation sites (N-methyl/N-ethyl adjacent to an activating group) is 1. The van der Waals surface area contributed by atoms with E-state index in [4.69, 9.17) is 0 Å². The summed E-state index contributed by atoms with van der Waals surface area (Å²) >= 11 is 1.68. The lowest BCUT2D eigenvalue weighted by Crippen LogP contribution is -2.43. The summed E-state index contributed by atoms with van der Waals surface area (Å²) in [6.45, 7) is 5.54. The number of fused-ring (bicyclic) bond motifs is 1. The minimum atomic E-state index is 0.221. The Morgan fingerprint density at radius 2 is 1.81 bits per heavy atom. The van der Waals surface area contributed by atoms with E-state index in [2.05, 4.69) is 62.5 Å². The van der Waals surface area contributed by atoms with Gasteiger partial charge in [-0.3, -0.25) is 4.90 Å². The maximum Gasteiger partial charge on any atom is 0.151 e. The summed E-state index contributed by atoms with van der Waals surface area (Å²) in [5.74, 6) is 0.970. The van der Waals surface area contributed by atoms with Crippen molar-refractivity contribution in [3.8, 4) is 16.2 Å². The molecule has 1 aliphatic heterocycles. The van der Waals surface area contributed by atoms with Gasteiger partial charge in [0, 0.05) is 49.4 Å². The van der Waals surface area contributed by atoms with E-state index < -0.39 is 0 Å². The summed E-state index contributed by atoms with van der Waals surface area (Å²) in [4.78, 5) is 14.9. The van der Waals surface area contributed by atoms with Crippen molar-refractivity contribution >= 4 is 33.1 Å². The van der Waals surface area contributed by atoms with Gasteiger partial charge in [0.2, 0.25) is 0 Å². The predicted molar refractivity (Wildman–Crippen MR) is 127 cm³/mol. The van der Waals surface area contributed by atoms with Crippen molar-refractivity contribution in [3.63, 3.8) is 0 Å². The van der Waals surface area contributed by atoms with Crippen molar-refractivity contribution in [3.05, 3.63) is 66.5 Å². The van der Waals surface area contributed by atoms with E-state index in [0.29, 0.717) is 0 Å². The van der Waals surface area contributed by atoms with E-state index in [1.165, 1.54) is 16.0 Å². The number of phenolic OH excluding ortho intramolecular Hbond substituents is 1. The molecule has 0 saturated carbocycles. The number of aromatic nitrogens is 2. The predicted octanol–water partition coefficient (Wildman–Crippen LogP) is 4.55. The first kappa shape index (κ1) is 19.9. The van der Waals surface area contributed by atoms with Gasteiger partial charge in [0.15, 0.2) is 5.82 Å². The molecule has 2 aromatic heterocycles. The minimum absolute atomic E-state index is 0.221. The average Bonchev–Trinajstić information content (AvgIpc) is 3.21. The number of hydrogen-bond donors (Lipinski definition) is 2. The van der Waals surface area contributed by atoms with Gasteiger partial charge in [0.1, 0.15) is 12.1 Å². The Morgan fingerprint density at radius 1 is 1.00 bits per heavy atom. The first-order valence-electron chi connectivity index (χ1n) is 10.4. The molecular formula is C24H25N5OS. The lowest BCUT2D eigenvalue weighted by molar-refractivity contribution is 0.148. The lowest BCUT2D eigenvalue weighted by atomic mass is 10.1. The van der Waals surface area contributed by atoms with Gasteiger partial charge in [-0.1, -0.05) is 30.3 Å². The summed E-state index contributed by atoms with van der Waals surface area (Å²) in [5.41, 5.74) is 4.25. The Hall–Kier alpha value is -3.00. The number of benzene rings is 2. The van der Waals surface area contributed by atoms with Crippen LogP contribution < -0.4 is 5.32 Å². The Labute approximate surface area is 185 Å². The molecule has 158 valence electrons. The van der Waals surface area contributed by atoms with Crippen molar-refractivity contribution < 1.29 is 5.11 Å². The maximum atomic E-state index is 9.72. The van der Waals surface area contributed by atoms with Gasteiger partial charge in [0.25, 0.3) is 0 Å². The van der Waals surface area contributed by atoms with Crippen LogP contribution in [0.2, 0.25) is 0 Å². The molecule has 0 amide bonds. The molecule has 2 N–H and O–H groups in total. The fraction of sp³-hybridized carbons (Fsp3) is 0.250. The van der Waals surface area contributed by atoms with Crippen molar-refractivity contribution in [2.75, 3.05) is 38.5 Å². The van der Waals surface area contributed by atoms with Crippen LogP contribution >= 0.6 is 11.3 Å². The van der Waals surface area contributed by atoms with E-state index in [1.807, 2.05) is 6.07 Å². The number of anilines is 2. The van der Waals surface area contributed by atoms with Crippen LogP contribution in [-0.4, -0.2) is 58.1 Å². The molecule has 1 aliphatic rings. The molecule has 5 rings (SSSR count). The van der Waals surface area contributed by atoms with Crippen LogP contribution in [0.1, 0.15) is 5.56 Å². The highest BCUT2D eigenvalue weighted by molar-refractivity contribution is 7.22. The number of nitrogens with zero attached hydrogens (tertiary/aromatic N) is 4. The van der Waals surface area contributed by atoms with Crippen LogP contribution in [-0.2, 0) is 6.54 Å². The Bertz CT molecular complexity index is 1180. The Kier molecular flexibility index (Phi) is 5.55. The van der Waals surface area contributed by atoms with Gasteiger partial charge in [-0.15, -0.1) is 11.3 Å². The average molecular weight is 432 g/mol. The van der Waals surface area contributed by atoms with Crippen LogP contribution in [0.15, 0.2) is 60.9 Å². The molecule has 1 saturated heterocycles. The highest BCUT2D eigenvalue weighted by Gasteiger charge is 2.14. The van der Waals surface area contributed by atoms with Crippen molar-refractivity contribution in [1.82, 2.24) is 19.8 Å². The third-order valence-electron chi connectivity index (χ3n) is 5.66. The molecule has 1 fully saturated rings. The summed E-state index contributed by atoms with van der Waals surface area (Å²) in [5, 5.41) is 13.0. The molecule has 0 radical (unpaired) electrons. The molecule has 0 unspecified atom stereocenters. The van der Waals surface area contributed by atoms with Gasteiger partial charge in [-0.05, 0) is 36.4 Å². The molecule has 7 heteroatoms. The van der Waals surface area contributed by atoms with E-state index in [-0.39, 0.29) is 5.75 Å². The highest BCUT2D eigenvalue weighted by Crippen LogP contribution is 2.36. The number of piperazine rings is 1. The summed E-state index contributed by atoms with van der Waals surface area (Å²) < 4.78 is 1.00. The Balaban J connectivity index is 1.35. The number of phenols is 1. The van der Waals surface area contributed by atoms with E-state index >= 15 is 0 Å². The molecule has 3 heterocycles. The quantitative estimate of drug-likeness (QED) is 0.483. The Morgan fingerprint density at radius 3 is 2.58 bits per heavy atom. The zero-order valence-electron chi connectivity index (χ0n) is 17.5.